The molecule has 0 saturated carbocycles. The Labute approximate surface area is 112 Å². The smallest absolute Gasteiger partial charge is 0.319 e. The van der Waals surface area contributed by atoms with Gasteiger partial charge in [-0.2, -0.15) is 0 Å². The summed E-state index contributed by atoms with van der Waals surface area (Å²) in [6.45, 7) is 2.06. The maximum absolute atomic E-state index is 11.8. The van der Waals surface area contributed by atoms with Crippen molar-refractivity contribution in [1.82, 2.24) is 10.3 Å². The minimum Gasteiger partial charge on any atom is -0.396 e. The Morgan fingerprint density at radius 2 is 2.26 bits per heavy atom. The molecule has 0 aliphatic carbocycles. The van der Waals surface area contributed by atoms with Crippen LogP contribution in [0.5, 0.6) is 0 Å². The van der Waals surface area contributed by atoms with E-state index in [2.05, 4.69) is 15.6 Å². The lowest BCUT2D eigenvalue weighted by atomic mass is 10.1. The van der Waals surface area contributed by atoms with E-state index in [1.165, 1.54) is 0 Å². The number of hydrogen-bond acceptors (Lipinski definition) is 2. The highest BCUT2D eigenvalue weighted by Gasteiger charge is 2.09. The summed E-state index contributed by atoms with van der Waals surface area (Å²) in [4.78, 5) is 14.9. The summed E-state index contributed by atoms with van der Waals surface area (Å²) in [5, 5.41) is 15.6. The average Bonchev–Trinajstić information content (AvgIpc) is 2.85. The number of rotatable bonds is 5. The van der Waals surface area contributed by atoms with E-state index in [1.807, 2.05) is 37.4 Å². The topological polar surface area (TPSA) is 77.2 Å². The number of amides is 2. The molecule has 1 aromatic carbocycles. The van der Waals surface area contributed by atoms with Crippen molar-refractivity contribution in [2.24, 2.45) is 0 Å². The van der Waals surface area contributed by atoms with Crippen molar-refractivity contribution in [2.75, 3.05) is 11.9 Å². The number of H-pyrrole nitrogens is 1. The van der Waals surface area contributed by atoms with Gasteiger partial charge in [-0.15, -0.1) is 0 Å². The van der Waals surface area contributed by atoms with Crippen LogP contribution in [0.25, 0.3) is 10.9 Å². The zero-order valence-corrected chi connectivity index (χ0v) is 10.9. The molecule has 0 radical (unpaired) electrons. The van der Waals surface area contributed by atoms with Crippen LogP contribution in [0.4, 0.5) is 10.5 Å². The van der Waals surface area contributed by atoms with Gasteiger partial charge in [0.15, 0.2) is 0 Å². The minimum absolute atomic E-state index is 0.000916. The summed E-state index contributed by atoms with van der Waals surface area (Å²) in [5.41, 5.74) is 1.79. The molecule has 0 aliphatic rings. The SMILES string of the molecule is CCC(CCO)NC(=O)Nc1ccc2[nH]ccc2c1. The second-order valence-electron chi connectivity index (χ2n) is 4.50. The molecule has 2 aromatic rings. The quantitative estimate of drug-likeness (QED) is 0.667. The van der Waals surface area contributed by atoms with Crippen LogP contribution in [0.1, 0.15) is 19.8 Å². The van der Waals surface area contributed by atoms with Crippen LogP contribution in [0.2, 0.25) is 0 Å². The van der Waals surface area contributed by atoms with Crippen molar-refractivity contribution in [3.8, 4) is 0 Å². The molecule has 102 valence electrons. The van der Waals surface area contributed by atoms with Gasteiger partial charge in [-0.05, 0) is 37.1 Å². The first-order chi connectivity index (χ1) is 9.22. The first kappa shape index (κ1) is 13.4. The number of aromatic amines is 1. The fraction of sp³-hybridized carbons (Fsp3) is 0.357. The van der Waals surface area contributed by atoms with Gasteiger partial charge in [0.25, 0.3) is 0 Å². The van der Waals surface area contributed by atoms with E-state index in [9.17, 15) is 4.79 Å². The highest BCUT2D eigenvalue weighted by Crippen LogP contribution is 2.17. The standard InChI is InChI=1S/C14H19N3O2/c1-2-11(6-8-18)16-14(19)17-12-3-4-13-10(9-12)5-7-15-13/h3-5,7,9,11,15,18H,2,6,8H2,1H3,(H2,16,17,19). The monoisotopic (exact) mass is 261 g/mol. The molecule has 0 fully saturated rings. The van der Waals surface area contributed by atoms with Crippen molar-refractivity contribution < 1.29 is 9.90 Å². The van der Waals surface area contributed by atoms with Crippen molar-refractivity contribution in [2.45, 2.75) is 25.8 Å². The predicted octanol–water partition coefficient (Wildman–Crippen LogP) is 2.45. The minimum atomic E-state index is -0.241. The molecule has 5 nitrogen and oxygen atoms in total. The Hall–Kier alpha value is -2.01. The van der Waals surface area contributed by atoms with E-state index < -0.39 is 0 Å². The van der Waals surface area contributed by atoms with Crippen molar-refractivity contribution in [3.05, 3.63) is 30.5 Å². The summed E-state index contributed by atoms with van der Waals surface area (Å²) < 4.78 is 0. The zero-order valence-electron chi connectivity index (χ0n) is 10.9. The molecule has 1 heterocycles. The lowest BCUT2D eigenvalue weighted by Gasteiger charge is -2.16. The third kappa shape index (κ3) is 3.48. The van der Waals surface area contributed by atoms with E-state index >= 15 is 0 Å². The molecule has 2 rings (SSSR count). The van der Waals surface area contributed by atoms with Gasteiger partial charge in [0.05, 0.1) is 0 Å². The number of hydrogen-bond donors (Lipinski definition) is 4. The van der Waals surface area contributed by atoms with E-state index in [0.717, 1.165) is 23.0 Å². The molecule has 0 bridgehead atoms. The number of aliphatic hydroxyl groups is 1. The van der Waals surface area contributed by atoms with Gasteiger partial charge >= 0.3 is 6.03 Å². The van der Waals surface area contributed by atoms with E-state index in [-0.39, 0.29) is 18.7 Å². The molecule has 5 heteroatoms. The van der Waals surface area contributed by atoms with Gasteiger partial charge in [-0.1, -0.05) is 6.92 Å². The first-order valence-electron chi connectivity index (χ1n) is 6.48. The second kappa shape index (κ2) is 6.24. The van der Waals surface area contributed by atoms with E-state index in [4.69, 9.17) is 5.11 Å². The largest absolute Gasteiger partial charge is 0.396 e. The van der Waals surface area contributed by atoms with Gasteiger partial charge in [0.2, 0.25) is 0 Å². The van der Waals surface area contributed by atoms with Crippen LogP contribution >= 0.6 is 0 Å². The maximum Gasteiger partial charge on any atom is 0.319 e. The summed E-state index contributed by atoms with van der Waals surface area (Å²) in [5.74, 6) is 0. The summed E-state index contributed by atoms with van der Waals surface area (Å²) in [7, 11) is 0. The van der Waals surface area contributed by atoms with Crippen LogP contribution in [-0.4, -0.2) is 28.8 Å². The number of aromatic nitrogens is 1. The van der Waals surface area contributed by atoms with Crippen molar-refractivity contribution >= 4 is 22.6 Å². The number of benzene rings is 1. The van der Waals surface area contributed by atoms with Crippen molar-refractivity contribution in [1.29, 1.82) is 0 Å². The molecule has 4 N–H and O–H groups in total. The molecular weight excluding hydrogens is 242 g/mol. The molecule has 0 spiro atoms. The summed E-state index contributed by atoms with van der Waals surface area (Å²) in [6.07, 6.45) is 3.23. The lowest BCUT2D eigenvalue weighted by molar-refractivity contribution is 0.237. The normalized spacial score (nSPS) is 12.3. The Bertz CT molecular complexity index is 550. The van der Waals surface area contributed by atoms with Gasteiger partial charge in [0.1, 0.15) is 0 Å². The molecule has 1 aromatic heterocycles. The van der Waals surface area contributed by atoms with Gasteiger partial charge < -0.3 is 20.7 Å². The van der Waals surface area contributed by atoms with Gasteiger partial charge in [-0.25, -0.2) is 4.79 Å². The number of carbonyl (C=O) groups excluding carboxylic acids is 1. The molecule has 1 atom stereocenters. The molecule has 19 heavy (non-hydrogen) atoms. The summed E-state index contributed by atoms with van der Waals surface area (Å²) >= 11 is 0. The molecule has 1 unspecified atom stereocenters. The molecule has 0 aliphatic heterocycles. The van der Waals surface area contributed by atoms with Crippen LogP contribution in [0.3, 0.4) is 0 Å². The highest BCUT2D eigenvalue weighted by atomic mass is 16.3. The Morgan fingerprint density at radius 1 is 1.42 bits per heavy atom. The van der Waals surface area contributed by atoms with Crippen LogP contribution in [0, 0.1) is 0 Å². The van der Waals surface area contributed by atoms with Gasteiger partial charge in [0, 0.05) is 35.4 Å². The van der Waals surface area contributed by atoms with Crippen LogP contribution in [0.15, 0.2) is 30.5 Å². The first-order valence-corrected chi connectivity index (χ1v) is 6.48. The zero-order chi connectivity index (χ0) is 13.7. The Morgan fingerprint density at radius 3 is 3.00 bits per heavy atom. The molecule has 2 amide bonds. The molecular formula is C14H19N3O2. The number of urea groups is 1. The van der Waals surface area contributed by atoms with E-state index in [0.29, 0.717) is 6.42 Å². The number of anilines is 1. The van der Waals surface area contributed by atoms with Gasteiger partial charge in [-0.3, -0.25) is 0 Å². The van der Waals surface area contributed by atoms with Crippen LogP contribution < -0.4 is 10.6 Å². The number of nitrogens with one attached hydrogen (secondary N) is 3. The predicted molar refractivity (Wildman–Crippen MR) is 76.2 cm³/mol. The Kier molecular flexibility index (Phi) is 4.41. The fourth-order valence-electron chi connectivity index (χ4n) is 2.02. The molecule has 0 saturated heterocycles. The Balaban J connectivity index is 1.97. The lowest BCUT2D eigenvalue weighted by Crippen LogP contribution is -2.38. The van der Waals surface area contributed by atoms with E-state index in [1.54, 1.807) is 0 Å². The van der Waals surface area contributed by atoms with Crippen molar-refractivity contribution in [3.63, 3.8) is 0 Å². The number of aliphatic hydroxyl groups excluding tert-OH is 1. The maximum atomic E-state index is 11.8. The highest BCUT2D eigenvalue weighted by molar-refractivity contribution is 5.92. The number of fused-ring (bicyclic) bond motifs is 1. The number of carbonyl (C=O) groups is 1. The third-order valence-corrected chi connectivity index (χ3v) is 3.12. The fourth-order valence-corrected chi connectivity index (χ4v) is 2.02. The van der Waals surface area contributed by atoms with Crippen LogP contribution in [-0.2, 0) is 0 Å². The second-order valence-corrected chi connectivity index (χ2v) is 4.50. The average molecular weight is 261 g/mol. The summed E-state index contributed by atoms with van der Waals surface area (Å²) in [6, 6.07) is 7.41. The third-order valence-electron chi connectivity index (χ3n) is 3.12.